The number of hydrogen-bond acceptors (Lipinski definition) is 0. The molecular formula is C54H35N3. The highest BCUT2D eigenvalue weighted by atomic mass is 15.0. The Morgan fingerprint density at radius 1 is 0.228 bits per heavy atom. The molecule has 0 aliphatic heterocycles. The Bertz CT molecular complexity index is 3490. The summed E-state index contributed by atoms with van der Waals surface area (Å²) >= 11 is 0. The minimum Gasteiger partial charge on any atom is -0.309 e. The van der Waals surface area contributed by atoms with Crippen LogP contribution in [0.25, 0.3) is 105 Å². The molecule has 3 heteroatoms. The number of fused-ring (bicyclic) bond motifs is 10. The first-order valence-electron chi connectivity index (χ1n) is 19.6. The quantitative estimate of drug-likeness (QED) is 0.168. The van der Waals surface area contributed by atoms with Gasteiger partial charge in [0.05, 0.1) is 33.1 Å². The van der Waals surface area contributed by atoms with Gasteiger partial charge in [0.25, 0.3) is 0 Å². The molecule has 266 valence electrons. The molecule has 0 spiro atoms. The fourth-order valence-corrected chi connectivity index (χ4v) is 9.32. The fourth-order valence-electron chi connectivity index (χ4n) is 9.32. The summed E-state index contributed by atoms with van der Waals surface area (Å²) in [6.45, 7) is 0. The molecule has 0 amide bonds. The van der Waals surface area contributed by atoms with Crippen LogP contribution in [0, 0.1) is 0 Å². The van der Waals surface area contributed by atoms with E-state index in [0.717, 1.165) is 17.1 Å². The van der Waals surface area contributed by atoms with Crippen molar-refractivity contribution in [3.8, 4) is 39.3 Å². The summed E-state index contributed by atoms with van der Waals surface area (Å²) in [4.78, 5) is 0. The van der Waals surface area contributed by atoms with Crippen LogP contribution in [-0.4, -0.2) is 13.7 Å². The summed E-state index contributed by atoms with van der Waals surface area (Å²) in [5.41, 5.74) is 15.4. The summed E-state index contributed by atoms with van der Waals surface area (Å²) in [7, 11) is 0. The Morgan fingerprint density at radius 2 is 0.702 bits per heavy atom. The first-order valence-corrected chi connectivity index (χ1v) is 19.6. The van der Waals surface area contributed by atoms with Crippen LogP contribution in [0.15, 0.2) is 212 Å². The van der Waals surface area contributed by atoms with E-state index in [0.29, 0.717) is 0 Å². The van der Waals surface area contributed by atoms with Crippen LogP contribution >= 0.6 is 0 Å². The summed E-state index contributed by atoms with van der Waals surface area (Å²) in [6.07, 6.45) is 0. The second-order valence-corrected chi connectivity index (χ2v) is 14.9. The van der Waals surface area contributed by atoms with Crippen molar-refractivity contribution < 1.29 is 0 Å². The van der Waals surface area contributed by atoms with Crippen molar-refractivity contribution in [3.63, 3.8) is 0 Å². The maximum atomic E-state index is 2.47. The van der Waals surface area contributed by atoms with Gasteiger partial charge in [-0.3, -0.25) is 0 Å². The summed E-state index contributed by atoms with van der Waals surface area (Å²) < 4.78 is 7.37. The van der Waals surface area contributed by atoms with Gasteiger partial charge in [0, 0.05) is 49.4 Å². The second-order valence-electron chi connectivity index (χ2n) is 14.9. The standard InChI is InChI=1S/C54H35N3/c1-3-14-36(15-4-1)38-26-28-40(29-27-38)57-49-24-11-8-21-44(49)46-32-33-51-53(54(46)57)47-22-9-12-25-50(47)55(51)42-30-31-45-43-20-7-10-23-48(43)56(52(45)35-42)41-19-13-18-39(34-41)37-16-5-2-6-17-37/h1-35H. The largest absolute Gasteiger partial charge is 0.309 e. The Morgan fingerprint density at radius 3 is 1.42 bits per heavy atom. The average Bonchev–Trinajstić information content (AvgIpc) is 3.92. The van der Waals surface area contributed by atoms with Crippen molar-refractivity contribution in [3.05, 3.63) is 212 Å². The van der Waals surface area contributed by atoms with E-state index in [-0.39, 0.29) is 0 Å². The zero-order valence-electron chi connectivity index (χ0n) is 31.0. The van der Waals surface area contributed by atoms with E-state index < -0.39 is 0 Å². The molecule has 0 bridgehead atoms. The Balaban J connectivity index is 1.12. The van der Waals surface area contributed by atoms with Crippen molar-refractivity contribution in [1.29, 1.82) is 0 Å². The summed E-state index contributed by atoms with van der Waals surface area (Å²) in [5, 5.41) is 7.48. The van der Waals surface area contributed by atoms with Crippen molar-refractivity contribution in [2.75, 3.05) is 0 Å². The monoisotopic (exact) mass is 725 g/mol. The van der Waals surface area contributed by atoms with Crippen LogP contribution in [0.1, 0.15) is 0 Å². The molecule has 0 radical (unpaired) electrons. The van der Waals surface area contributed by atoms with Crippen molar-refractivity contribution in [2.24, 2.45) is 0 Å². The molecule has 3 nitrogen and oxygen atoms in total. The van der Waals surface area contributed by atoms with Gasteiger partial charge in [-0.25, -0.2) is 0 Å². The van der Waals surface area contributed by atoms with Crippen LogP contribution in [0.4, 0.5) is 0 Å². The predicted octanol–water partition coefficient (Wildman–Crippen LogP) is 14.3. The molecule has 0 saturated carbocycles. The first-order chi connectivity index (χ1) is 28.3. The maximum absolute atomic E-state index is 2.47. The molecular weight excluding hydrogens is 691 g/mol. The predicted molar refractivity (Wildman–Crippen MR) is 240 cm³/mol. The topological polar surface area (TPSA) is 14.8 Å². The number of rotatable bonds is 5. The van der Waals surface area contributed by atoms with Crippen LogP contribution in [-0.2, 0) is 0 Å². The van der Waals surface area contributed by atoms with E-state index in [1.807, 2.05) is 0 Å². The molecule has 57 heavy (non-hydrogen) atoms. The lowest BCUT2D eigenvalue weighted by molar-refractivity contribution is 1.15. The molecule has 0 fully saturated rings. The van der Waals surface area contributed by atoms with Crippen LogP contribution in [0.3, 0.4) is 0 Å². The highest BCUT2D eigenvalue weighted by Crippen LogP contribution is 2.43. The van der Waals surface area contributed by atoms with Gasteiger partial charge in [0.2, 0.25) is 0 Å². The van der Waals surface area contributed by atoms with Crippen molar-refractivity contribution in [1.82, 2.24) is 13.7 Å². The molecule has 0 aliphatic carbocycles. The van der Waals surface area contributed by atoms with Crippen molar-refractivity contribution >= 4 is 65.4 Å². The number of para-hydroxylation sites is 3. The van der Waals surface area contributed by atoms with Gasteiger partial charge in [-0.05, 0) is 82.9 Å². The van der Waals surface area contributed by atoms with Crippen molar-refractivity contribution in [2.45, 2.75) is 0 Å². The van der Waals surface area contributed by atoms with E-state index in [1.165, 1.54) is 87.7 Å². The minimum atomic E-state index is 1.13. The second kappa shape index (κ2) is 12.5. The molecule has 0 aliphatic rings. The zero-order valence-corrected chi connectivity index (χ0v) is 31.0. The molecule has 12 aromatic rings. The zero-order chi connectivity index (χ0) is 37.5. The maximum Gasteiger partial charge on any atom is 0.0641 e. The lowest BCUT2D eigenvalue weighted by Gasteiger charge is -2.13. The smallest absolute Gasteiger partial charge is 0.0641 e. The summed E-state index contributed by atoms with van der Waals surface area (Å²) in [5.74, 6) is 0. The van der Waals surface area contributed by atoms with Gasteiger partial charge in [-0.15, -0.1) is 0 Å². The third-order valence-corrected chi connectivity index (χ3v) is 11.8. The Kier molecular flexibility index (Phi) is 6.93. The Labute approximate surface area is 329 Å². The molecule has 12 rings (SSSR count). The number of hydrogen-bond donors (Lipinski definition) is 0. The van der Waals surface area contributed by atoms with Gasteiger partial charge in [-0.1, -0.05) is 152 Å². The lowest BCUT2D eigenvalue weighted by atomic mass is 10.1. The molecule has 0 unspecified atom stereocenters. The third kappa shape index (κ3) is 4.79. The highest BCUT2D eigenvalue weighted by Gasteiger charge is 2.22. The Hall–Kier alpha value is -7.62. The third-order valence-electron chi connectivity index (χ3n) is 11.8. The molecule has 0 saturated heterocycles. The van der Waals surface area contributed by atoms with E-state index >= 15 is 0 Å². The molecule has 3 heterocycles. The molecule has 0 atom stereocenters. The fraction of sp³-hybridized carbons (Fsp3) is 0. The number of benzene rings is 9. The molecule has 0 N–H and O–H groups in total. The normalized spacial score (nSPS) is 11.9. The lowest BCUT2D eigenvalue weighted by Crippen LogP contribution is -1.97. The first kappa shape index (κ1) is 31.7. The van der Waals surface area contributed by atoms with Crippen LogP contribution in [0.5, 0.6) is 0 Å². The highest BCUT2D eigenvalue weighted by molar-refractivity contribution is 6.26. The number of nitrogens with zero attached hydrogens (tertiary/aromatic N) is 3. The number of aromatic nitrogens is 3. The minimum absolute atomic E-state index is 1.13. The molecule has 9 aromatic carbocycles. The van der Waals surface area contributed by atoms with E-state index in [2.05, 4.69) is 226 Å². The van der Waals surface area contributed by atoms with Crippen LogP contribution in [0.2, 0.25) is 0 Å². The van der Waals surface area contributed by atoms with Gasteiger partial charge in [0.1, 0.15) is 0 Å². The van der Waals surface area contributed by atoms with Gasteiger partial charge in [0.15, 0.2) is 0 Å². The van der Waals surface area contributed by atoms with E-state index in [1.54, 1.807) is 0 Å². The SMILES string of the molecule is c1ccc(-c2ccc(-n3c4ccccc4c4ccc5c(c6ccccc6n5-c5ccc6c7ccccc7n(-c7cccc(-c8ccccc8)c7)c6c5)c43)cc2)cc1. The summed E-state index contributed by atoms with van der Waals surface area (Å²) in [6, 6.07) is 77.4. The van der Waals surface area contributed by atoms with Crippen LogP contribution < -0.4 is 0 Å². The van der Waals surface area contributed by atoms with Gasteiger partial charge < -0.3 is 13.7 Å². The van der Waals surface area contributed by atoms with E-state index in [4.69, 9.17) is 0 Å². The average molecular weight is 726 g/mol. The molecule has 3 aromatic heterocycles. The van der Waals surface area contributed by atoms with E-state index in [9.17, 15) is 0 Å². The van der Waals surface area contributed by atoms with Gasteiger partial charge >= 0.3 is 0 Å². The van der Waals surface area contributed by atoms with Gasteiger partial charge in [-0.2, -0.15) is 0 Å².